The maximum Gasteiger partial charge on any atom is 0.329 e. The van der Waals surface area contributed by atoms with Gasteiger partial charge in [0.15, 0.2) is 0 Å². The fraction of sp³-hybridized carbons (Fsp3) is 0.385. The minimum atomic E-state index is -1.32. The van der Waals surface area contributed by atoms with Gasteiger partial charge in [0.25, 0.3) is 0 Å². The summed E-state index contributed by atoms with van der Waals surface area (Å²) < 4.78 is 0.672. The maximum absolute atomic E-state index is 12.0. The number of rotatable bonds is 5. The van der Waals surface area contributed by atoms with Crippen molar-refractivity contribution in [2.45, 2.75) is 32.2 Å². The van der Waals surface area contributed by atoms with Gasteiger partial charge >= 0.3 is 12.0 Å². The number of anilines is 1. The first kappa shape index (κ1) is 18.1. The van der Waals surface area contributed by atoms with Crippen molar-refractivity contribution in [2.24, 2.45) is 0 Å². The van der Waals surface area contributed by atoms with E-state index in [0.29, 0.717) is 4.47 Å². The molecule has 0 atom stereocenters. The number of carbonyl (C=O) groups excluding carboxylic acids is 1. The van der Waals surface area contributed by atoms with Gasteiger partial charge in [0.1, 0.15) is 5.54 Å². The van der Waals surface area contributed by atoms with Crippen molar-refractivity contribution in [1.82, 2.24) is 5.32 Å². The summed E-state index contributed by atoms with van der Waals surface area (Å²) in [6, 6.07) is 2.48. The van der Waals surface area contributed by atoms with E-state index in [1.807, 2.05) is 0 Å². The van der Waals surface area contributed by atoms with E-state index in [9.17, 15) is 14.7 Å². The van der Waals surface area contributed by atoms with Gasteiger partial charge in [-0.25, -0.2) is 9.59 Å². The van der Waals surface area contributed by atoms with E-state index in [2.05, 4.69) is 26.6 Å². The lowest BCUT2D eigenvalue weighted by atomic mass is 9.93. The molecule has 1 aromatic carbocycles. The van der Waals surface area contributed by atoms with Crippen molar-refractivity contribution in [1.29, 1.82) is 0 Å². The highest BCUT2D eigenvalue weighted by Gasteiger charge is 2.36. The molecule has 0 bridgehead atoms. The summed E-state index contributed by atoms with van der Waals surface area (Å²) in [6.45, 7) is 3.38. The van der Waals surface area contributed by atoms with Gasteiger partial charge in [-0.2, -0.15) is 0 Å². The molecule has 1 aromatic rings. The molecule has 8 heteroatoms. The van der Waals surface area contributed by atoms with Crippen LogP contribution in [0, 0.1) is 0 Å². The topological polar surface area (TPSA) is 78.4 Å². The number of carboxylic acids is 1. The Labute approximate surface area is 141 Å². The zero-order valence-corrected chi connectivity index (χ0v) is 14.6. The SMILES string of the molecule is CCC(CC)(NC(=O)Nc1c(Cl)cc(Br)cc1Cl)C(=O)O. The van der Waals surface area contributed by atoms with Gasteiger partial charge in [-0.3, -0.25) is 0 Å². The number of hydrogen-bond acceptors (Lipinski definition) is 2. The van der Waals surface area contributed by atoms with Crippen LogP contribution in [0.2, 0.25) is 10.0 Å². The molecule has 5 nitrogen and oxygen atoms in total. The predicted molar refractivity (Wildman–Crippen MR) is 87.3 cm³/mol. The van der Waals surface area contributed by atoms with Gasteiger partial charge in [0, 0.05) is 4.47 Å². The Morgan fingerprint density at radius 1 is 1.24 bits per heavy atom. The van der Waals surface area contributed by atoms with Crippen LogP contribution in [0.5, 0.6) is 0 Å². The number of aliphatic carboxylic acids is 1. The molecule has 1 rings (SSSR count). The number of carboxylic acid groups (broad SMARTS) is 1. The lowest BCUT2D eigenvalue weighted by Gasteiger charge is -2.28. The molecule has 0 fully saturated rings. The van der Waals surface area contributed by atoms with Crippen LogP contribution in [0.15, 0.2) is 16.6 Å². The number of urea groups is 1. The van der Waals surface area contributed by atoms with Crippen LogP contribution in [-0.2, 0) is 4.79 Å². The molecular weight excluding hydrogens is 383 g/mol. The standard InChI is InChI=1S/C13H15BrCl2N2O3/c1-3-13(4-2,11(19)20)18-12(21)17-10-8(15)5-7(14)6-9(10)16/h5-6H,3-4H2,1-2H3,(H,19,20)(H2,17,18,21). The first-order chi connectivity index (χ1) is 9.75. The highest BCUT2D eigenvalue weighted by Crippen LogP contribution is 2.33. The zero-order valence-electron chi connectivity index (χ0n) is 11.5. The molecule has 0 saturated carbocycles. The summed E-state index contributed by atoms with van der Waals surface area (Å²) >= 11 is 15.2. The molecule has 3 N–H and O–H groups in total. The van der Waals surface area contributed by atoms with Gasteiger partial charge in [-0.05, 0) is 25.0 Å². The summed E-state index contributed by atoms with van der Waals surface area (Å²) in [5.74, 6) is -1.09. The summed E-state index contributed by atoms with van der Waals surface area (Å²) in [7, 11) is 0. The lowest BCUT2D eigenvalue weighted by Crippen LogP contribution is -2.55. The number of amides is 2. The average molecular weight is 398 g/mol. The zero-order chi connectivity index (χ0) is 16.2. The molecule has 0 saturated heterocycles. The molecule has 0 radical (unpaired) electrons. The highest BCUT2D eigenvalue weighted by atomic mass is 79.9. The Bertz CT molecular complexity index is 539. The van der Waals surface area contributed by atoms with Gasteiger partial charge in [-0.1, -0.05) is 53.0 Å². The Morgan fingerprint density at radius 2 is 1.71 bits per heavy atom. The number of hydrogen-bond donors (Lipinski definition) is 3. The Kier molecular flexibility index (Phi) is 6.31. The summed E-state index contributed by atoms with van der Waals surface area (Å²) in [5, 5.41) is 14.7. The van der Waals surface area contributed by atoms with Crippen LogP contribution in [-0.4, -0.2) is 22.6 Å². The van der Waals surface area contributed by atoms with Crippen molar-refractivity contribution >= 4 is 56.8 Å². The Morgan fingerprint density at radius 3 is 2.10 bits per heavy atom. The molecule has 2 amide bonds. The van der Waals surface area contributed by atoms with Gasteiger partial charge < -0.3 is 15.7 Å². The lowest BCUT2D eigenvalue weighted by molar-refractivity contribution is -0.144. The molecule has 0 aliphatic heterocycles. The molecular formula is C13H15BrCl2N2O3. The van der Waals surface area contributed by atoms with E-state index >= 15 is 0 Å². The molecule has 0 aromatic heterocycles. The third-order valence-corrected chi connectivity index (χ3v) is 4.27. The molecule has 0 aliphatic rings. The van der Waals surface area contributed by atoms with Gasteiger partial charge in [0.2, 0.25) is 0 Å². The average Bonchev–Trinajstić information content (AvgIpc) is 2.40. The molecule has 0 unspecified atom stereocenters. The van der Waals surface area contributed by atoms with Crippen LogP contribution in [0.4, 0.5) is 10.5 Å². The summed E-state index contributed by atoms with van der Waals surface area (Å²) in [5.41, 5.74) is -1.09. The van der Waals surface area contributed by atoms with Crippen molar-refractivity contribution < 1.29 is 14.7 Å². The third-order valence-electron chi connectivity index (χ3n) is 3.21. The molecule has 0 aliphatic carbocycles. The molecule has 21 heavy (non-hydrogen) atoms. The van der Waals surface area contributed by atoms with E-state index in [4.69, 9.17) is 23.2 Å². The van der Waals surface area contributed by atoms with E-state index in [-0.39, 0.29) is 28.6 Å². The second-order valence-corrected chi connectivity index (χ2v) is 6.15. The normalized spacial score (nSPS) is 11.1. The van der Waals surface area contributed by atoms with Gasteiger partial charge in [0.05, 0.1) is 15.7 Å². The van der Waals surface area contributed by atoms with E-state index in [1.165, 1.54) is 0 Å². The minimum absolute atomic E-state index is 0.227. The van der Waals surface area contributed by atoms with Crippen LogP contribution >= 0.6 is 39.1 Å². The largest absolute Gasteiger partial charge is 0.480 e. The van der Waals surface area contributed by atoms with Crippen LogP contribution in [0.25, 0.3) is 0 Å². The number of carbonyl (C=O) groups is 2. The quantitative estimate of drug-likeness (QED) is 0.683. The monoisotopic (exact) mass is 396 g/mol. The van der Waals surface area contributed by atoms with Gasteiger partial charge in [-0.15, -0.1) is 0 Å². The smallest absolute Gasteiger partial charge is 0.329 e. The van der Waals surface area contributed by atoms with Crippen molar-refractivity contribution in [3.63, 3.8) is 0 Å². The number of halogens is 3. The Hall–Kier alpha value is -0.980. The maximum atomic E-state index is 12.0. The third kappa shape index (κ3) is 4.25. The van der Waals surface area contributed by atoms with Crippen molar-refractivity contribution in [3.05, 3.63) is 26.7 Å². The molecule has 116 valence electrons. The highest BCUT2D eigenvalue weighted by molar-refractivity contribution is 9.10. The molecule has 0 heterocycles. The Balaban J connectivity index is 2.95. The summed E-state index contributed by atoms with van der Waals surface area (Å²) in [6.07, 6.45) is 0.516. The minimum Gasteiger partial charge on any atom is -0.480 e. The first-order valence-electron chi connectivity index (χ1n) is 6.22. The number of nitrogens with one attached hydrogen (secondary N) is 2. The van der Waals surface area contributed by atoms with Crippen molar-refractivity contribution in [2.75, 3.05) is 5.32 Å². The van der Waals surface area contributed by atoms with E-state index in [1.54, 1.807) is 26.0 Å². The van der Waals surface area contributed by atoms with Crippen LogP contribution in [0.1, 0.15) is 26.7 Å². The van der Waals surface area contributed by atoms with Crippen LogP contribution in [0.3, 0.4) is 0 Å². The van der Waals surface area contributed by atoms with Crippen molar-refractivity contribution in [3.8, 4) is 0 Å². The fourth-order valence-electron chi connectivity index (χ4n) is 1.81. The first-order valence-corrected chi connectivity index (χ1v) is 7.77. The van der Waals surface area contributed by atoms with E-state index in [0.717, 1.165) is 0 Å². The number of benzene rings is 1. The van der Waals surface area contributed by atoms with E-state index < -0.39 is 17.5 Å². The molecule has 0 spiro atoms. The fourth-order valence-corrected chi connectivity index (χ4v) is 3.11. The second kappa shape index (κ2) is 7.33. The predicted octanol–water partition coefficient (Wildman–Crippen LogP) is 4.52. The van der Waals surface area contributed by atoms with Crippen LogP contribution < -0.4 is 10.6 Å². The summed E-state index contributed by atoms with van der Waals surface area (Å²) in [4.78, 5) is 23.4. The second-order valence-electron chi connectivity index (χ2n) is 4.42.